The normalized spacial score (nSPS) is 12.0. The Morgan fingerprint density at radius 2 is 2.14 bits per heavy atom. The van der Waals surface area contributed by atoms with Crippen molar-refractivity contribution >= 4 is 11.6 Å². The van der Waals surface area contributed by atoms with Crippen molar-refractivity contribution in [1.82, 2.24) is 10.1 Å². The lowest BCUT2D eigenvalue weighted by atomic mass is 10.6. The highest BCUT2D eigenvalue weighted by Crippen LogP contribution is 2.15. The van der Waals surface area contributed by atoms with Crippen LogP contribution in [0.25, 0.3) is 0 Å². The maximum absolute atomic E-state index is 11.6. The number of hydrogen-bond acceptors (Lipinski definition) is 4. The molecule has 0 unspecified atom stereocenters. The van der Waals surface area contributed by atoms with Gasteiger partial charge in [-0.2, -0.15) is 18.2 Å². The highest BCUT2D eigenvalue weighted by atomic mass is 35.5. The monoisotopic (exact) mass is 230 g/mol. The molecule has 0 radical (unpaired) electrons. The number of rotatable bonds is 4. The standard InChI is InChI=1S/C6H6ClF3N2O2/c7-1-4-11-5(14-12-4)2-13-3-6(8,9)10/h1-3H2. The van der Waals surface area contributed by atoms with E-state index in [9.17, 15) is 13.2 Å². The third kappa shape index (κ3) is 3.93. The van der Waals surface area contributed by atoms with Crippen LogP contribution >= 0.6 is 11.6 Å². The fourth-order valence-corrected chi connectivity index (χ4v) is 0.766. The molecule has 0 saturated heterocycles. The van der Waals surface area contributed by atoms with Crippen molar-refractivity contribution in [3.05, 3.63) is 11.7 Å². The molecular formula is C6H6ClF3N2O2. The van der Waals surface area contributed by atoms with Gasteiger partial charge in [0, 0.05) is 0 Å². The van der Waals surface area contributed by atoms with Crippen LogP contribution in [0.1, 0.15) is 11.7 Å². The molecule has 14 heavy (non-hydrogen) atoms. The molecule has 0 bridgehead atoms. The summed E-state index contributed by atoms with van der Waals surface area (Å²) in [6.07, 6.45) is -4.35. The quantitative estimate of drug-likeness (QED) is 0.741. The Morgan fingerprint density at radius 3 is 2.64 bits per heavy atom. The number of hydrogen-bond donors (Lipinski definition) is 0. The number of halogens is 4. The molecule has 0 atom stereocenters. The summed E-state index contributed by atoms with van der Waals surface area (Å²) in [7, 11) is 0. The average Bonchev–Trinajstić information content (AvgIpc) is 2.50. The van der Waals surface area contributed by atoms with Gasteiger partial charge < -0.3 is 9.26 Å². The summed E-state index contributed by atoms with van der Waals surface area (Å²) in [6.45, 7) is -1.71. The zero-order valence-corrected chi connectivity index (χ0v) is 7.60. The van der Waals surface area contributed by atoms with Crippen LogP contribution in [0.4, 0.5) is 13.2 Å². The SMILES string of the molecule is FC(F)(F)COCc1nc(CCl)no1. The van der Waals surface area contributed by atoms with Crippen LogP contribution in [0.3, 0.4) is 0 Å². The van der Waals surface area contributed by atoms with Gasteiger partial charge in [0.2, 0.25) is 0 Å². The molecule has 4 nitrogen and oxygen atoms in total. The summed E-state index contributed by atoms with van der Waals surface area (Å²) in [5, 5.41) is 3.37. The lowest BCUT2D eigenvalue weighted by Gasteiger charge is -2.04. The van der Waals surface area contributed by atoms with E-state index in [1.807, 2.05) is 0 Å². The Labute approximate surface area is 82.0 Å². The molecule has 0 aliphatic heterocycles. The smallest absolute Gasteiger partial charge is 0.362 e. The number of ether oxygens (including phenoxy) is 1. The Balaban J connectivity index is 2.31. The van der Waals surface area contributed by atoms with Crippen LogP contribution in [0.2, 0.25) is 0 Å². The van der Waals surface area contributed by atoms with Crippen LogP contribution in [0.5, 0.6) is 0 Å². The van der Waals surface area contributed by atoms with Gasteiger partial charge in [-0.1, -0.05) is 5.16 Å². The van der Waals surface area contributed by atoms with Crippen LogP contribution in [-0.2, 0) is 17.2 Å². The summed E-state index contributed by atoms with van der Waals surface area (Å²) >= 11 is 5.34. The molecule has 0 saturated carbocycles. The molecule has 0 spiro atoms. The predicted octanol–water partition coefficient (Wildman–Crippen LogP) is 1.89. The molecule has 0 aliphatic rings. The molecule has 1 aromatic heterocycles. The average molecular weight is 231 g/mol. The number of nitrogens with zero attached hydrogens (tertiary/aromatic N) is 2. The summed E-state index contributed by atoms with van der Waals surface area (Å²) in [5.74, 6) is 0.241. The minimum absolute atomic E-state index is 0.0232. The number of alkyl halides is 4. The topological polar surface area (TPSA) is 48.2 Å². The van der Waals surface area contributed by atoms with Crippen LogP contribution in [0.15, 0.2) is 4.52 Å². The predicted molar refractivity (Wildman–Crippen MR) is 39.6 cm³/mol. The Kier molecular flexibility index (Phi) is 3.70. The zero-order chi connectivity index (χ0) is 10.6. The third-order valence-corrected chi connectivity index (χ3v) is 1.36. The van der Waals surface area contributed by atoms with Crippen molar-refractivity contribution in [2.75, 3.05) is 6.61 Å². The molecule has 1 heterocycles. The van der Waals surface area contributed by atoms with E-state index >= 15 is 0 Å². The van der Waals surface area contributed by atoms with E-state index in [-0.39, 0.29) is 24.2 Å². The van der Waals surface area contributed by atoms with Crippen LogP contribution in [-0.4, -0.2) is 22.9 Å². The van der Waals surface area contributed by atoms with Crippen molar-refractivity contribution < 1.29 is 22.4 Å². The van der Waals surface area contributed by atoms with Gasteiger partial charge in [-0.05, 0) is 0 Å². The second-order valence-corrected chi connectivity index (χ2v) is 2.61. The fraction of sp³-hybridized carbons (Fsp3) is 0.667. The van der Waals surface area contributed by atoms with Gasteiger partial charge in [0.15, 0.2) is 5.82 Å². The lowest BCUT2D eigenvalue weighted by Crippen LogP contribution is -2.16. The molecule has 8 heteroatoms. The second kappa shape index (κ2) is 4.61. The van der Waals surface area contributed by atoms with Crippen molar-refractivity contribution in [2.24, 2.45) is 0 Å². The first-order valence-electron chi connectivity index (χ1n) is 3.53. The van der Waals surface area contributed by atoms with E-state index in [1.54, 1.807) is 0 Å². The third-order valence-electron chi connectivity index (χ3n) is 1.12. The minimum atomic E-state index is -4.35. The highest BCUT2D eigenvalue weighted by molar-refractivity contribution is 6.16. The molecule has 0 aromatic carbocycles. The van der Waals surface area contributed by atoms with Crippen molar-refractivity contribution in [3.8, 4) is 0 Å². The molecule has 0 fully saturated rings. The summed E-state index contributed by atoms with van der Waals surface area (Å²) in [5.41, 5.74) is 0. The van der Waals surface area contributed by atoms with Gasteiger partial charge in [0.05, 0.1) is 5.88 Å². The van der Waals surface area contributed by atoms with Gasteiger partial charge in [-0.15, -0.1) is 11.6 Å². The van der Waals surface area contributed by atoms with Gasteiger partial charge in [0.25, 0.3) is 5.89 Å². The maximum Gasteiger partial charge on any atom is 0.411 e. The second-order valence-electron chi connectivity index (χ2n) is 2.35. The molecule has 80 valence electrons. The largest absolute Gasteiger partial charge is 0.411 e. The summed E-state index contributed by atoms with van der Waals surface area (Å²) < 4.78 is 43.7. The molecule has 0 aliphatic carbocycles. The summed E-state index contributed by atoms with van der Waals surface area (Å²) in [6, 6.07) is 0. The Morgan fingerprint density at radius 1 is 1.43 bits per heavy atom. The molecule has 1 aromatic rings. The maximum atomic E-state index is 11.6. The first kappa shape index (κ1) is 11.3. The van der Waals surface area contributed by atoms with E-state index in [4.69, 9.17) is 11.6 Å². The molecule has 0 N–H and O–H groups in total. The van der Waals surface area contributed by atoms with Crippen LogP contribution in [0, 0.1) is 0 Å². The van der Waals surface area contributed by atoms with Crippen molar-refractivity contribution in [3.63, 3.8) is 0 Å². The van der Waals surface area contributed by atoms with Gasteiger partial charge in [-0.25, -0.2) is 0 Å². The van der Waals surface area contributed by atoms with Gasteiger partial charge in [-0.3, -0.25) is 0 Å². The van der Waals surface area contributed by atoms with E-state index < -0.39 is 12.8 Å². The lowest BCUT2D eigenvalue weighted by molar-refractivity contribution is -0.178. The zero-order valence-electron chi connectivity index (χ0n) is 6.84. The first-order valence-corrected chi connectivity index (χ1v) is 4.06. The van der Waals surface area contributed by atoms with E-state index in [1.165, 1.54) is 0 Å². The van der Waals surface area contributed by atoms with Crippen LogP contribution < -0.4 is 0 Å². The van der Waals surface area contributed by atoms with E-state index in [0.29, 0.717) is 0 Å². The van der Waals surface area contributed by atoms with E-state index in [0.717, 1.165) is 0 Å². The van der Waals surface area contributed by atoms with Crippen molar-refractivity contribution in [1.29, 1.82) is 0 Å². The minimum Gasteiger partial charge on any atom is -0.362 e. The Bertz CT molecular complexity index is 289. The first-order chi connectivity index (χ1) is 6.51. The molecule has 0 amide bonds. The van der Waals surface area contributed by atoms with Gasteiger partial charge >= 0.3 is 6.18 Å². The summed E-state index contributed by atoms with van der Waals surface area (Å²) in [4.78, 5) is 3.65. The van der Waals surface area contributed by atoms with Gasteiger partial charge in [0.1, 0.15) is 13.2 Å². The molecule has 1 rings (SSSR count). The van der Waals surface area contributed by atoms with Crippen molar-refractivity contribution in [2.45, 2.75) is 18.7 Å². The molecular weight excluding hydrogens is 225 g/mol. The fourth-order valence-electron chi connectivity index (χ4n) is 0.657. The Hall–Kier alpha value is -0.820. The number of aromatic nitrogens is 2. The highest BCUT2D eigenvalue weighted by Gasteiger charge is 2.27. The van der Waals surface area contributed by atoms with E-state index in [2.05, 4.69) is 19.4 Å².